The molecule has 2 amide bonds. The van der Waals surface area contributed by atoms with Crippen LogP contribution in [0.25, 0.3) is 10.9 Å². The fourth-order valence-electron chi connectivity index (χ4n) is 3.24. The topological polar surface area (TPSA) is 78.1 Å². The van der Waals surface area contributed by atoms with Crippen LogP contribution in [0.1, 0.15) is 12.0 Å². The number of nitrogens with one attached hydrogen (secondary N) is 2. The molecule has 6 nitrogen and oxygen atoms in total. The first kappa shape index (κ1) is 16.3. The van der Waals surface area contributed by atoms with Crippen molar-refractivity contribution >= 4 is 34.2 Å². The summed E-state index contributed by atoms with van der Waals surface area (Å²) in [5.41, 5.74) is 2.18. The Kier molecular flexibility index (Phi) is 3.91. The van der Waals surface area contributed by atoms with Gasteiger partial charge in [-0.25, -0.2) is 4.39 Å². The number of aromatic nitrogens is 2. The SMILES string of the molecule is Cc1ccccc1NC(=O)C1CC(=O)N(c2n[nH]c3cccc(F)c23)C1. The highest BCUT2D eigenvalue weighted by atomic mass is 19.1. The Morgan fingerprint density at radius 2 is 2.08 bits per heavy atom. The van der Waals surface area contributed by atoms with E-state index >= 15 is 0 Å². The van der Waals surface area contributed by atoms with Crippen molar-refractivity contribution in [1.29, 1.82) is 0 Å². The molecule has 1 unspecified atom stereocenters. The van der Waals surface area contributed by atoms with Crippen molar-refractivity contribution in [2.24, 2.45) is 5.92 Å². The van der Waals surface area contributed by atoms with Gasteiger partial charge in [-0.2, -0.15) is 5.10 Å². The first-order valence-corrected chi connectivity index (χ1v) is 8.34. The first-order valence-electron chi connectivity index (χ1n) is 8.34. The Hall–Kier alpha value is -3.22. The summed E-state index contributed by atoms with van der Waals surface area (Å²) in [5.74, 6) is -1.20. The number of carbonyl (C=O) groups is 2. The number of nitrogens with zero attached hydrogens (tertiary/aromatic N) is 2. The molecule has 26 heavy (non-hydrogen) atoms. The third kappa shape index (κ3) is 2.71. The lowest BCUT2D eigenvalue weighted by Crippen LogP contribution is -2.28. The molecule has 2 heterocycles. The van der Waals surface area contributed by atoms with E-state index in [1.807, 2.05) is 31.2 Å². The van der Waals surface area contributed by atoms with Crippen LogP contribution >= 0.6 is 0 Å². The summed E-state index contributed by atoms with van der Waals surface area (Å²) in [7, 11) is 0. The number of amides is 2. The third-order valence-electron chi connectivity index (χ3n) is 4.67. The Labute approximate surface area is 149 Å². The maximum Gasteiger partial charge on any atom is 0.229 e. The maximum atomic E-state index is 14.2. The molecule has 2 N–H and O–H groups in total. The molecule has 3 aromatic rings. The van der Waals surface area contributed by atoms with Crippen LogP contribution < -0.4 is 10.2 Å². The van der Waals surface area contributed by atoms with Crippen molar-refractivity contribution in [3.05, 3.63) is 53.8 Å². The lowest BCUT2D eigenvalue weighted by molar-refractivity contribution is -0.122. The van der Waals surface area contributed by atoms with E-state index in [1.165, 1.54) is 11.0 Å². The van der Waals surface area contributed by atoms with E-state index < -0.39 is 11.7 Å². The number of aromatic amines is 1. The summed E-state index contributed by atoms with van der Waals surface area (Å²) in [5, 5.41) is 9.95. The molecule has 2 aromatic carbocycles. The highest BCUT2D eigenvalue weighted by Crippen LogP contribution is 2.31. The molecular weight excluding hydrogens is 335 g/mol. The molecule has 1 saturated heterocycles. The van der Waals surface area contributed by atoms with Crippen molar-refractivity contribution in [1.82, 2.24) is 10.2 Å². The van der Waals surface area contributed by atoms with Crippen molar-refractivity contribution in [3.8, 4) is 0 Å². The number of benzene rings is 2. The van der Waals surface area contributed by atoms with Gasteiger partial charge in [-0.3, -0.25) is 19.6 Å². The smallest absolute Gasteiger partial charge is 0.229 e. The van der Waals surface area contributed by atoms with Gasteiger partial charge in [0.15, 0.2) is 5.82 Å². The molecule has 1 fully saturated rings. The van der Waals surface area contributed by atoms with E-state index in [0.717, 1.165) is 11.3 Å². The molecule has 0 saturated carbocycles. The molecular formula is C19H17FN4O2. The van der Waals surface area contributed by atoms with E-state index in [1.54, 1.807) is 12.1 Å². The molecule has 0 spiro atoms. The fourth-order valence-corrected chi connectivity index (χ4v) is 3.24. The second kappa shape index (κ2) is 6.25. The lowest BCUT2D eigenvalue weighted by Gasteiger charge is -2.15. The quantitative estimate of drug-likeness (QED) is 0.761. The second-order valence-electron chi connectivity index (χ2n) is 6.42. The molecule has 1 atom stereocenters. The van der Waals surface area contributed by atoms with Crippen LogP contribution in [0, 0.1) is 18.7 Å². The first-order chi connectivity index (χ1) is 12.5. The van der Waals surface area contributed by atoms with E-state index in [-0.39, 0.29) is 36.0 Å². The maximum absolute atomic E-state index is 14.2. The Morgan fingerprint density at radius 1 is 1.27 bits per heavy atom. The highest BCUT2D eigenvalue weighted by Gasteiger charge is 2.37. The zero-order valence-corrected chi connectivity index (χ0v) is 14.1. The van der Waals surface area contributed by atoms with Crippen molar-refractivity contribution in [2.75, 3.05) is 16.8 Å². The summed E-state index contributed by atoms with van der Waals surface area (Å²) in [4.78, 5) is 26.4. The molecule has 1 aliphatic rings. The van der Waals surface area contributed by atoms with Crippen LogP contribution in [0.4, 0.5) is 15.9 Å². The predicted molar refractivity (Wildman–Crippen MR) is 96.3 cm³/mol. The zero-order chi connectivity index (χ0) is 18.3. The van der Waals surface area contributed by atoms with Gasteiger partial charge >= 0.3 is 0 Å². The van der Waals surface area contributed by atoms with Crippen molar-refractivity contribution < 1.29 is 14.0 Å². The summed E-state index contributed by atoms with van der Waals surface area (Å²) >= 11 is 0. The summed E-state index contributed by atoms with van der Waals surface area (Å²) in [6.07, 6.45) is 0.0700. The number of para-hydroxylation sites is 1. The van der Waals surface area contributed by atoms with Crippen LogP contribution in [0.15, 0.2) is 42.5 Å². The minimum atomic E-state index is -0.513. The highest BCUT2D eigenvalue weighted by molar-refractivity contribution is 6.07. The van der Waals surface area contributed by atoms with Crippen LogP contribution in [0.3, 0.4) is 0 Å². The molecule has 1 aliphatic heterocycles. The average molecular weight is 352 g/mol. The largest absolute Gasteiger partial charge is 0.326 e. The number of fused-ring (bicyclic) bond motifs is 1. The van der Waals surface area contributed by atoms with Crippen molar-refractivity contribution in [2.45, 2.75) is 13.3 Å². The molecule has 132 valence electrons. The molecule has 1 aromatic heterocycles. The third-order valence-corrected chi connectivity index (χ3v) is 4.67. The monoisotopic (exact) mass is 352 g/mol. The second-order valence-corrected chi connectivity index (χ2v) is 6.42. The number of aryl methyl sites for hydroxylation is 1. The van der Waals surface area contributed by atoms with Gasteiger partial charge in [0, 0.05) is 18.7 Å². The number of carbonyl (C=O) groups excluding carboxylic acids is 2. The van der Waals surface area contributed by atoms with E-state index in [4.69, 9.17) is 0 Å². The summed E-state index contributed by atoms with van der Waals surface area (Å²) in [6.45, 7) is 2.07. The van der Waals surface area contributed by atoms with Crippen molar-refractivity contribution in [3.63, 3.8) is 0 Å². The van der Waals surface area contributed by atoms with Gasteiger partial charge in [-0.15, -0.1) is 0 Å². The number of rotatable bonds is 3. The van der Waals surface area contributed by atoms with E-state index in [2.05, 4.69) is 15.5 Å². The predicted octanol–water partition coefficient (Wildman–Crippen LogP) is 3.00. The van der Waals surface area contributed by atoms with Gasteiger partial charge in [0.1, 0.15) is 5.82 Å². The van der Waals surface area contributed by atoms with E-state index in [0.29, 0.717) is 5.52 Å². The van der Waals surface area contributed by atoms with Gasteiger partial charge in [0.25, 0.3) is 0 Å². The zero-order valence-electron chi connectivity index (χ0n) is 14.1. The normalized spacial score (nSPS) is 17.1. The molecule has 4 rings (SSSR count). The minimum absolute atomic E-state index is 0.0700. The van der Waals surface area contributed by atoms with Crippen LogP contribution in [0.5, 0.6) is 0 Å². The molecule has 0 bridgehead atoms. The standard InChI is InChI=1S/C19H17FN4O2/c1-11-5-2-3-7-14(11)21-19(26)12-9-16(25)24(10-12)18-17-13(20)6-4-8-15(17)22-23-18/h2-8,12H,9-10H2,1H3,(H,21,26)(H,22,23). The number of anilines is 2. The van der Waals surface area contributed by atoms with Gasteiger partial charge < -0.3 is 5.32 Å². The minimum Gasteiger partial charge on any atom is -0.326 e. The Balaban J connectivity index is 1.57. The number of halogens is 1. The van der Waals surface area contributed by atoms with Crippen LogP contribution in [-0.2, 0) is 9.59 Å². The average Bonchev–Trinajstić information content (AvgIpc) is 3.21. The van der Waals surface area contributed by atoms with Gasteiger partial charge in [-0.1, -0.05) is 24.3 Å². The number of hydrogen-bond donors (Lipinski definition) is 2. The number of H-pyrrole nitrogens is 1. The van der Waals surface area contributed by atoms with E-state index in [9.17, 15) is 14.0 Å². The fraction of sp³-hybridized carbons (Fsp3) is 0.211. The van der Waals surface area contributed by atoms with Gasteiger partial charge in [0.2, 0.25) is 11.8 Å². The molecule has 0 radical (unpaired) electrons. The number of hydrogen-bond acceptors (Lipinski definition) is 3. The molecule has 7 heteroatoms. The molecule has 0 aliphatic carbocycles. The summed E-state index contributed by atoms with van der Waals surface area (Å²) < 4.78 is 14.2. The summed E-state index contributed by atoms with van der Waals surface area (Å²) in [6, 6.07) is 12.0. The Bertz CT molecular complexity index is 1010. The van der Waals surface area contributed by atoms with Crippen LogP contribution in [0.2, 0.25) is 0 Å². The Morgan fingerprint density at radius 3 is 2.88 bits per heavy atom. The lowest BCUT2D eigenvalue weighted by atomic mass is 10.1. The van der Waals surface area contributed by atoms with Gasteiger partial charge in [-0.05, 0) is 30.7 Å². The van der Waals surface area contributed by atoms with Gasteiger partial charge in [0.05, 0.1) is 16.8 Å². The van der Waals surface area contributed by atoms with Crippen LogP contribution in [-0.4, -0.2) is 28.6 Å².